The van der Waals surface area contributed by atoms with Crippen LogP contribution < -0.4 is 15.8 Å². The quantitative estimate of drug-likeness (QED) is 0.123. The van der Waals surface area contributed by atoms with Gasteiger partial charge in [0, 0.05) is 32.6 Å². The number of hydrogen-bond acceptors (Lipinski definition) is 5. The maximum atomic E-state index is 13.5. The maximum Gasteiger partial charge on any atom is 0.248 e. The van der Waals surface area contributed by atoms with Crippen molar-refractivity contribution in [1.29, 1.82) is 0 Å². The molecule has 0 spiro atoms. The number of aliphatic imine (C=N–C) groups is 1. The summed E-state index contributed by atoms with van der Waals surface area (Å²) in [5.41, 5.74) is 7.00. The van der Waals surface area contributed by atoms with E-state index in [9.17, 15) is 22.8 Å². The summed E-state index contributed by atoms with van der Waals surface area (Å²) in [6, 6.07) is 7.62. The second kappa shape index (κ2) is 19.6. The second-order valence-corrected chi connectivity index (χ2v) is 14.7. The molecule has 258 valence electrons. The fourth-order valence-corrected chi connectivity index (χ4v) is 7.06. The standard InChI is InChI=1S/C34H56N6O5S/c1-3-4-5-6-7-8-9-10-14-19-31(41)37-34(35)39-23-20-28(21-24-39)26-36-32(42)30-18-15-22-40(30)33(43)29(38-46(2,44)45)25-27-16-12-11-13-17-27/h11-13,16-17,28-30,38H,3-10,14-15,18-26H2,1-2H3,(H,36,42)(H2,35,37,41)/t29-,30+/m1/s1. The summed E-state index contributed by atoms with van der Waals surface area (Å²) in [6.45, 7) is 4.43. The van der Waals surface area contributed by atoms with Gasteiger partial charge < -0.3 is 20.9 Å². The van der Waals surface area contributed by atoms with Crippen LogP contribution in [0.4, 0.5) is 0 Å². The minimum atomic E-state index is -3.65. The summed E-state index contributed by atoms with van der Waals surface area (Å²) in [7, 11) is -3.65. The van der Waals surface area contributed by atoms with Crippen molar-refractivity contribution in [3.8, 4) is 0 Å². The molecule has 0 bridgehead atoms. The van der Waals surface area contributed by atoms with Gasteiger partial charge >= 0.3 is 0 Å². The highest BCUT2D eigenvalue weighted by Crippen LogP contribution is 2.21. The third-order valence-corrected chi connectivity index (χ3v) is 9.73. The van der Waals surface area contributed by atoms with Crippen molar-refractivity contribution in [2.24, 2.45) is 16.6 Å². The first kappa shape index (κ1) is 37.5. The smallest absolute Gasteiger partial charge is 0.248 e. The number of piperidine rings is 1. The molecule has 0 aliphatic carbocycles. The number of likely N-dealkylation sites (tertiary alicyclic amines) is 2. The molecule has 11 nitrogen and oxygen atoms in total. The van der Waals surface area contributed by atoms with E-state index in [4.69, 9.17) is 5.73 Å². The Morgan fingerprint density at radius 3 is 2.20 bits per heavy atom. The van der Waals surface area contributed by atoms with E-state index in [1.165, 1.54) is 43.4 Å². The fraction of sp³-hybridized carbons (Fsp3) is 0.706. The van der Waals surface area contributed by atoms with Gasteiger partial charge in [-0.15, -0.1) is 0 Å². The molecule has 1 aromatic rings. The van der Waals surface area contributed by atoms with Crippen LogP contribution >= 0.6 is 0 Å². The molecule has 3 rings (SSSR count). The summed E-state index contributed by atoms with van der Waals surface area (Å²) in [5.74, 6) is -0.245. The third-order valence-electron chi connectivity index (χ3n) is 9.01. The van der Waals surface area contributed by atoms with Gasteiger partial charge in [-0.3, -0.25) is 14.4 Å². The van der Waals surface area contributed by atoms with Crippen LogP contribution in [-0.4, -0.2) is 86.4 Å². The molecule has 2 saturated heterocycles. The molecule has 4 N–H and O–H groups in total. The van der Waals surface area contributed by atoms with E-state index in [1.54, 1.807) is 0 Å². The number of carbonyl (C=O) groups is 3. The van der Waals surface area contributed by atoms with Gasteiger partial charge in [0.1, 0.15) is 12.1 Å². The molecule has 2 aliphatic rings. The Kier molecular flexibility index (Phi) is 16.0. The van der Waals surface area contributed by atoms with Crippen LogP contribution in [0.5, 0.6) is 0 Å². The number of amides is 3. The summed E-state index contributed by atoms with van der Waals surface area (Å²) in [4.78, 5) is 46.7. The van der Waals surface area contributed by atoms with Gasteiger partial charge in [0.15, 0.2) is 5.96 Å². The molecular formula is C34H56N6O5S. The molecule has 3 amide bonds. The van der Waals surface area contributed by atoms with Crippen molar-refractivity contribution in [1.82, 2.24) is 19.8 Å². The van der Waals surface area contributed by atoms with E-state index in [0.29, 0.717) is 45.4 Å². The number of hydrogen-bond donors (Lipinski definition) is 3. The van der Waals surface area contributed by atoms with Gasteiger partial charge in [-0.1, -0.05) is 88.6 Å². The number of guanidine groups is 1. The van der Waals surface area contributed by atoms with Crippen LogP contribution in [0.2, 0.25) is 0 Å². The molecule has 2 aliphatic heterocycles. The van der Waals surface area contributed by atoms with Crippen LogP contribution in [0.25, 0.3) is 0 Å². The molecule has 1 aromatic carbocycles. The van der Waals surface area contributed by atoms with Crippen molar-refractivity contribution in [2.75, 3.05) is 32.4 Å². The third kappa shape index (κ3) is 13.4. The molecule has 0 unspecified atom stereocenters. The van der Waals surface area contributed by atoms with E-state index in [-0.39, 0.29) is 36.0 Å². The van der Waals surface area contributed by atoms with Gasteiger partial charge in [0.05, 0.1) is 6.26 Å². The van der Waals surface area contributed by atoms with Crippen molar-refractivity contribution >= 4 is 33.7 Å². The molecule has 0 radical (unpaired) electrons. The predicted molar refractivity (Wildman–Crippen MR) is 182 cm³/mol. The molecule has 2 atom stereocenters. The van der Waals surface area contributed by atoms with E-state index >= 15 is 0 Å². The van der Waals surface area contributed by atoms with Gasteiger partial charge in [0.25, 0.3) is 0 Å². The summed E-state index contributed by atoms with van der Waals surface area (Å²) < 4.78 is 26.6. The minimum Gasteiger partial charge on any atom is -0.369 e. The largest absolute Gasteiger partial charge is 0.369 e. The lowest BCUT2D eigenvalue weighted by Crippen LogP contribution is -2.54. The molecule has 46 heavy (non-hydrogen) atoms. The normalized spacial score (nSPS) is 18.5. The van der Waals surface area contributed by atoms with Crippen molar-refractivity contribution in [3.05, 3.63) is 35.9 Å². The lowest BCUT2D eigenvalue weighted by atomic mass is 9.97. The van der Waals surface area contributed by atoms with Gasteiger partial charge in [0.2, 0.25) is 27.7 Å². The van der Waals surface area contributed by atoms with Crippen LogP contribution in [0.1, 0.15) is 102 Å². The molecule has 2 heterocycles. The van der Waals surface area contributed by atoms with Gasteiger partial charge in [-0.2, -0.15) is 4.99 Å². The van der Waals surface area contributed by atoms with E-state index < -0.39 is 22.1 Å². The number of nitrogens with two attached hydrogens (primary N) is 1. The monoisotopic (exact) mass is 660 g/mol. The zero-order valence-corrected chi connectivity index (χ0v) is 28.7. The maximum absolute atomic E-state index is 13.5. The zero-order chi connectivity index (χ0) is 33.4. The highest BCUT2D eigenvalue weighted by molar-refractivity contribution is 7.88. The minimum absolute atomic E-state index is 0.164. The SMILES string of the molecule is CCCCCCCCCCCC(=O)N=C(N)N1CCC(CNC(=O)[C@@H]2CCCN2C(=O)[C@@H](Cc2ccccc2)NS(C)(=O)=O)CC1. The summed E-state index contributed by atoms with van der Waals surface area (Å²) in [5, 5.41) is 3.04. The molecular weight excluding hydrogens is 604 g/mol. The average molecular weight is 661 g/mol. The first-order valence-electron chi connectivity index (χ1n) is 17.3. The Hall–Kier alpha value is -2.99. The summed E-state index contributed by atoms with van der Waals surface area (Å²) in [6.07, 6.45) is 15.2. The van der Waals surface area contributed by atoms with Crippen molar-refractivity contribution < 1.29 is 22.8 Å². The number of unbranched alkanes of at least 4 members (excludes halogenated alkanes) is 8. The van der Waals surface area contributed by atoms with Crippen LogP contribution in [-0.2, 0) is 30.8 Å². The highest BCUT2D eigenvalue weighted by atomic mass is 32.2. The number of rotatable bonds is 18. The topological polar surface area (TPSA) is 154 Å². The Bertz CT molecular complexity index is 1230. The van der Waals surface area contributed by atoms with Crippen molar-refractivity contribution in [3.63, 3.8) is 0 Å². The summed E-state index contributed by atoms with van der Waals surface area (Å²) >= 11 is 0. The fourth-order valence-electron chi connectivity index (χ4n) is 6.36. The van der Waals surface area contributed by atoms with E-state index in [0.717, 1.165) is 43.9 Å². The number of benzene rings is 1. The van der Waals surface area contributed by atoms with Crippen molar-refractivity contribution in [2.45, 2.75) is 115 Å². The Labute approximate surface area is 276 Å². The number of sulfonamides is 1. The molecule has 12 heteroatoms. The highest BCUT2D eigenvalue weighted by Gasteiger charge is 2.38. The molecule has 0 aromatic heterocycles. The van der Waals surface area contributed by atoms with Gasteiger partial charge in [-0.25, -0.2) is 13.1 Å². The number of nitrogens with zero attached hydrogens (tertiary/aromatic N) is 3. The van der Waals surface area contributed by atoms with Crippen LogP contribution in [0.15, 0.2) is 35.3 Å². The van der Waals surface area contributed by atoms with E-state index in [2.05, 4.69) is 22.0 Å². The lowest BCUT2D eigenvalue weighted by Gasteiger charge is -2.33. The first-order valence-corrected chi connectivity index (χ1v) is 19.2. The van der Waals surface area contributed by atoms with E-state index in [1.807, 2.05) is 35.2 Å². The average Bonchev–Trinajstić information content (AvgIpc) is 3.52. The Morgan fingerprint density at radius 1 is 0.935 bits per heavy atom. The Balaban J connectivity index is 1.39. The Morgan fingerprint density at radius 2 is 1.57 bits per heavy atom. The zero-order valence-electron chi connectivity index (χ0n) is 27.9. The second-order valence-electron chi connectivity index (χ2n) is 12.9. The predicted octanol–water partition coefficient (Wildman–Crippen LogP) is 3.73. The molecule has 0 saturated carbocycles. The van der Waals surface area contributed by atoms with Crippen LogP contribution in [0.3, 0.4) is 0 Å². The van der Waals surface area contributed by atoms with Crippen LogP contribution in [0, 0.1) is 5.92 Å². The number of nitrogens with one attached hydrogen (secondary N) is 2. The number of carbonyl (C=O) groups excluding carboxylic acids is 3. The lowest BCUT2D eigenvalue weighted by molar-refractivity contribution is -0.139. The molecule has 2 fully saturated rings. The van der Waals surface area contributed by atoms with Gasteiger partial charge in [-0.05, 0) is 50.0 Å². The first-order chi connectivity index (χ1) is 22.1.